The number of imidazole rings is 1. The molecule has 0 aliphatic carbocycles. The van der Waals surface area contributed by atoms with Crippen LogP contribution in [0.3, 0.4) is 0 Å². The van der Waals surface area contributed by atoms with Crippen molar-refractivity contribution in [1.29, 1.82) is 0 Å². The highest BCUT2D eigenvalue weighted by molar-refractivity contribution is 6.91. The van der Waals surface area contributed by atoms with Gasteiger partial charge in [-0.3, -0.25) is 4.79 Å². The first-order valence-electron chi connectivity index (χ1n) is 10.7. The van der Waals surface area contributed by atoms with Crippen molar-refractivity contribution in [3.05, 3.63) is 11.9 Å². The lowest BCUT2D eigenvalue weighted by Crippen LogP contribution is -2.53. The van der Waals surface area contributed by atoms with Crippen LogP contribution in [0.25, 0.3) is 0 Å². The molecule has 1 amide bonds. The molecular weight excluding hydrogens is 394 g/mol. The second-order valence-corrected chi connectivity index (χ2v) is 16.0. The number of carbonyl (C=O) groups is 2. The van der Waals surface area contributed by atoms with E-state index >= 15 is 0 Å². The lowest BCUT2D eigenvalue weighted by atomic mass is 9.98. The number of amides is 1. The second kappa shape index (κ2) is 8.58. The summed E-state index contributed by atoms with van der Waals surface area (Å²) in [5, 5.41) is 0.130. The summed E-state index contributed by atoms with van der Waals surface area (Å²) in [7, 11) is 0.0514. The number of ether oxygens (including phenoxy) is 1. The Morgan fingerprint density at radius 1 is 1.20 bits per heavy atom. The van der Waals surface area contributed by atoms with E-state index in [0.29, 0.717) is 18.8 Å². The summed E-state index contributed by atoms with van der Waals surface area (Å²) < 4.78 is 7.38. The van der Waals surface area contributed by atoms with Gasteiger partial charge in [0.2, 0.25) is 0 Å². The average Bonchev–Trinajstić information content (AvgIpc) is 2.99. The highest BCUT2D eigenvalue weighted by atomic mass is 28.3. The maximum Gasteiger partial charge on any atom is 0.410 e. The van der Waals surface area contributed by atoms with Gasteiger partial charge >= 0.3 is 6.09 Å². The largest absolute Gasteiger partial charge is 0.444 e. The molecule has 166 valence electrons. The van der Waals surface area contributed by atoms with Crippen LogP contribution < -0.4 is 5.45 Å². The van der Waals surface area contributed by atoms with Gasteiger partial charge in [-0.25, -0.2) is 9.78 Å². The molecule has 30 heavy (non-hydrogen) atoms. The Hall–Kier alpha value is -2.07. The first-order valence-corrected chi connectivity index (χ1v) is 13.7. The van der Waals surface area contributed by atoms with Gasteiger partial charge in [0, 0.05) is 26.1 Å². The number of likely N-dealkylation sites (tertiary alicyclic amines) is 1. The number of ketones is 1. The zero-order valence-corrected chi connectivity index (χ0v) is 21.0. The van der Waals surface area contributed by atoms with Crippen molar-refractivity contribution in [2.75, 3.05) is 13.1 Å². The summed E-state index contributed by atoms with van der Waals surface area (Å²) in [6.45, 7) is 18.0. The van der Waals surface area contributed by atoms with Gasteiger partial charge < -0.3 is 14.2 Å². The zero-order valence-electron chi connectivity index (χ0n) is 20.0. The molecule has 1 aromatic rings. The summed E-state index contributed by atoms with van der Waals surface area (Å²) in [5.41, 5.74) is 1.02. The molecule has 0 spiro atoms. The van der Waals surface area contributed by atoms with Crippen LogP contribution in [0.4, 0.5) is 4.79 Å². The van der Waals surface area contributed by atoms with Crippen molar-refractivity contribution < 1.29 is 14.3 Å². The van der Waals surface area contributed by atoms with Crippen LogP contribution in [-0.4, -0.2) is 53.1 Å². The third kappa shape index (κ3) is 5.54. The Bertz CT molecular complexity index is 863. The number of nitrogens with zero attached hydrogens (tertiary/aromatic N) is 3. The van der Waals surface area contributed by atoms with E-state index in [1.807, 2.05) is 32.4 Å². The van der Waals surface area contributed by atoms with E-state index in [1.165, 1.54) is 0 Å². The molecule has 0 radical (unpaired) electrons. The molecule has 1 atom stereocenters. The molecule has 0 aromatic carbocycles. The molecule has 1 saturated heterocycles. The molecule has 6 nitrogen and oxygen atoms in total. The van der Waals surface area contributed by atoms with Crippen molar-refractivity contribution in [2.45, 2.75) is 78.1 Å². The predicted octanol–water partition coefficient (Wildman–Crippen LogP) is 3.97. The van der Waals surface area contributed by atoms with Crippen molar-refractivity contribution in [1.82, 2.24) is 14.5 Å². The van der Waals surface area contributed by atoms with Crippen LogP contribution in [0.1, 0.15) is 64.9 Å². The highest BCUT2D eigenvalue weighted by Gasteiger charge is 2.41. The Morgan fingerprint density at radius 2 is 1.83 bits per heavy atom. The number of hydrogen-bond donors (Lipinski definition) is 0. The summed E-state index contributed by atoms with van der Waals surface area (Å²) >= 11 is 0. The van der Waals surface area contributed by atoms with Gasteiger partial charge in [-0.15, -0.1) is 0 Å². The smallest absolute Gasteiger partial charge is 0.410 e. The number of carbonyl (C=O) groups excluding carboxylic acids is 2. The summed E-state index contributed by atoms with van der Waals surface area (Å²) in [5.74, 6) is 5.66. The van der Waals surface area contributed by atoms with Crippen molar-refractivity contribution >= 4 is 25.4 Å². The van der Waals surface area contributed by atoms with Crippen LogP contribution in [-0.2, 0) is 11.8 Å². The van der Waals surface area contributed by atoms with Gasteiger partial charge in [0.25, 0.3) is 5.78 Å². The topological polar surface area (TPSA) is 64.4 Å². The second-order valence-electron chi connectivity index (χ2n) is 10.8. The van der Waals surface area contributed by atoms with Crippen LogP contribution in [0.2, 0.25) is 18.1 Å². The number of hydrogen-bond acceptors (Lipinski definition) is 4. The molecule has 2 rings (SSSR count). The fourth-order valence-corrected chi connectivity index (χ4v) is 5.37. The summed E-state index contributed by atoms with van der Waals surface area (Å²) in [6, 6.07) is 0. The van der Waals surface area contributed by atoms with Crippen molar-refractivity contribution in [3.8, 4) is 11.8 Å². The lowest BCUT2D eigenvalue weighted by molar-refractivity contribution is 0.0190. The van der Waals surface area contributed by atoms with E-state index < -0.39 is 13.7 Å². The Morgan fingerprint density at radius 3 is 2.40 bits per heavy atom. The fraction of sp³-hybridized carbons (Fsp3) is 0.696. The van der Waals surface area contributed by atoms with Crippen molar-refractivity contribution in [2.24, 2.45) is 13.0 Å². The summed E-state index contributed by atoms with van der Waals surface area (Å²) in [6.07, 6.45) is 3.07. The van der Waals surface area contributed by atoms with Crippen LogP contribution in [0.5, 0.6) is 0 Å². The first-order chi connectivity index (χ1) is 13.6. The minimum Gasteiger partial charge on any atom is -0.444 e. The summed E-state index contributed by atoms with van der Waals surface area (Å²) in [4.78, 5) is 31.4. The molecule has 1 unspecified atom stereocenters. The molecule has 1 aromatic heterocycles. The number of aromatic nitrogens is 2. The van der Waals surface area contributed by atoms with Gasteiger partial charge in [0.05, 0.1) is 11.6 Å². The molecule has 2 heterocycles. The van der Waals surface area contributed by atoms with E-state index in [-0.39, 0.29) is 22.8 Å². The Balaban J connectivity index is 2.12. The SMILES string of the molecule is Cn1c(C(=O)C#CC2CCCN(C(=O)OC(C)(C)C)C2)cnc1[Si](C)(C)C(C)(C)C. The van der Waals surface area contributed by atoms with E-state index in [1.54, 1.807) is 11.1 Å². The number of rotatable bonds is 2. The van der Waals surface area contributed by atoms with Gasteiger partial charge in [-0.2, -0.15) is 0 Å². The quantitative estimate of drug-likeness (QED) is 0.308. The highest BCUT2D eigenvalue weighted by Crippen LogP contribution is 2.35. The standard InChI is InChI=1S/C23H37N3O3Si/c1-22(2,3)29-21(28)26-14-10-11-17(16-26)12-13-19(27)18-15-24-20(25(18)7)30(8,9)23(4,5)6/h15,17H,10-11,14,16H2,1-9H3. The average molecular weight is 432 g/mol. The molecule has 0 bridgehead atoms. The Kier molecular flexibility index (Phi) is 6.92. The van der Waals surface area contributed by atoms with Crippen LogP contribution in [0, 0.1) is 17.8 Å². The monoisotopic (exact) mass is 431 g/mol. The Labute approximate surface area is 182 Å². The molecule has 1 aliphatic heterocycles. The molecular formula is C23H37N3O3Si. The molecule has 0 N–H and O–H groups in total. The first kappa shape index (κ1) is 24.2. The van der Waals surface area contributed by atoms with Crippen LogP contribution in [0.15, 0.2) is 6.20 Å². The predicted molar refractivity (Wildman–Crippen MR) is 123 cm³/mol. The normalized spacial score (nSPS) is 17.9. The molecule has 0 saturated carbocycles. The van der Waals surface area contributed by atoms with Gasteiger partial charge in [0.15, 0.2) is 0 Å². The fourth-order valence-electron chi connectivity index (χ4n) is 3.36. The van der Waals surface area contributed by atoms with Crippen molar-refractivity contribution in [3.63, 3.8) is 0 Å². The minimum atomic E-state index is -1.85. The van der Waals surface area contributed by atoms with E-state index in [4.69, 9.17) is 4.74 Å². The third-order valence-electron chi connectivity index (χ3n) is 6.12. The molecule has 1 fully saturated rings. The number of Topliss-reactive ketones (excluding diaryl/α,β-unsaturated/α-hetero) is 1. The molecule has 7 heteroatoms. The maximum absolute atomic E-state index is 12.8. The van der Waals surface area contributed by atoms with E-state index in [9.17, 15) is 9.59 Å². The zero-order chi connectivity index (χ0) is 22.9. The van der Waals surface area contributed by atoms with Crippen LogP contribution >= 0.6 is 0 Å². The van der Waals surface area contributed by atoms with Gasteiger partial charge in [-0.05, 0) is 44.6 Å². The van der Waals surface area contributed by atoms with Gasteiger partial charge in [0.1, 0.15) is 19.4 Å². The minimum absolute atomic E-state index is 0.0247. The third-order valence-corrected chi connectivity index (χ3v) is 11.5. The number of piperidine rings is 1. The van der Waals surface area contributed by atoms with E-state index in [2.05, 4.69) is 50.7 Å². The lowest BCUT2D eigenvalue weighted by Gasteiger charge is -2.35. The van der Waals surface area contributed by atoms with E-state index in [0.717, 1.165) is 18.3 Å². The molecule has 1 aliphatic rings. The van der Waals surface area contributed by atoms with Gasteiger partial charge in [-0.1, -0.05) is 39.8 Å². The maximum atomic E-state index is 12.8.